The Morgan fingerprint density at radius 1 is 1.30 bits per heavy atom. The average molecular weight is 415 g/mol. The number of halogens is 2. The number of phenolic OH excluding ortho intramolecular Hbond substituents is 1. The second-order valence-corrected chi connectivity index (χ2v) is 6.82. The molecule has 0 aliphatic rings. The Hall–Kier alpha value is -2.18. The van der Waals surface area contributed by atoms with Gasteiger partial charge in [0.15, 0.2) is 5.96 Å². The van der Waals surface area contributed by atoms with Crippen LogP contribution in [0.25, 0.3) is 0 Å². The van der Waals surface area contributed by atoms with Gasteiger partial charge in [0, 0.05) is 31.1 Å². The molecule has 150 valence electrons. The Labute approximate surface area is 173 Å². The first-order valence-corrected chi connectivity index (χ1v) is 8.08. The van der Waals surface area contributed by atoms with Crippen molar-refractivity contribution in [3.05, 3.63) is 47.8 Å². The average Bonchev–Trinajstić information content (AvgIpc) is 2.59. The van der Waals surface area contributed by atoms with Gasteiger partial charge < -0.3 is 20.5 Å². The first-order chi connectivity index (χ1) is 11.8. The fourth-order valence-electron chi connectivity index (χ4n) is 2.57. The number of benzene rings is 1. The molecular formula is C19H28Cl2N4O2. The lowest BCUT2D eigenvalue weighted by atomic mass is 9.85. The lowest BCUT2D eigenvalue weighted by Gasteiger charge is -2.29. The van der Waals surface area contributed by atoms with Crippen LogP contribution in [0.1, 0.15) is 31.9 Å². The molecule has 0 saturated heterocycles. The minimum atomic E-state index is -0.258. The van der Waals surface area contributed by atoms with Crippen molar-refractivity contribution in [2.45, 2.75) is 32.7 Å². The minimum absolute atomic E-state index is 0. The van der Waals surface area contributed by atoms with E-state index in [1.54, 1.807) is 37.5 Å². The molecule has 0 aliphatic carbocycles. The molecule has 1 aromatic heterocycles. The van der Waals surface area contributed by atoms with Gasteiger partial charge in [-0.25, -0.2) is 0 Å². The third-order valence-corrected chi connectivity index (χ3v) is 3.97. The Morgan fingerprint density at radius 2 is 1.96 bits per heavy atom. The topological polar surface area (TPSA) is 84.0 Å². The van der Waals surface area contributed by atoms with Crippen LogP contribution in [0.5, 0.6) is 11.5 Å². The van der Waals surface area contributed by atoms with Gasteiger partial charge in [0.25, 0.3) is 0 Å². The number of nitrogens with two attached hydrogens (primary N) is 1. The van der Waals surface area contributed by atoms with Gasteiger partial charge in [-0.2, -0.15) is 0 Å². The van der Waals surface area contributed by atoms with E-state index in [0.717, 1.165) is 11.1 Å². The van der Waals surface area contributed by atoms with Crippen molar-refractivity contribution in [3.8, 4) is 11.5 Å². The molecule has 8 heteroatoms. The van der Waals surface area contributed by atoms with Crippen molar-refractivity contribution < 1.29 is 9.84 Å². The molecule has 0 radical (unpaired) electrons. The molecule has 0 bridgehead atoms. The van der Waals surface area contributed by atoms with Gasteiger partial charge in [0.2, 0.25) is 0 Å². The summed E-state index contributed by atoms with van der Waals surface area (Å²) in [5.41, 5.74) is 8.15. The van der Waals surface area contributed by atoms with Crippen LogP contribution in [0.2, 0.25) is 0 Å². The van der Waals surface area contributed by atoms with Crippen LogP contribution in [0.3, 0.4) is 0 Å². The second kappa shape index (κ2) is 10.2. The molecule has 0 atom stereocenters. The number of pyridine rings is 1. The summed E-state index contributed by atoms with van der Waals surface area (Å²) in [4.78, 5) is 9.99. The summed E-state index contributed by atoms with van der Waals surface area (Å²) in [7, 11) is 3.22. The predicted octanol–water partition coefficient (Wildman–Crippen LogP) is 3.89. The number of nitrogens with zero attached hydrogens (tertiary/aromatic N) is 3. The zero-order valence-electron chi connectivity index (χ0n) is 16.3. The van der Waals surface area contributed by atoms with Gasteiger partial charge in [0.05, 0.1) is 19.3 Å². The first kappa shape index (κ1) is 24.8. The third-order valence-electron chi connectivity index (χ3n) is 3.97. The highest BCUT2D eigenvalue weighted by atomic mass is 35.5. The molecule has 0 fully saturated rings. The molecule has 6 nitrogen and oxygen atoms in total. The van der Waals surface area contributed by atoms with E-state index < -0.39 is 0 Å². The van der Waals surface area contributed by atoms with E-state index >= 15 is 0 Å². The zero-order chi connectivity index (χ0) is 18.6. The summed E-state index contributed by atoms with van der Waals surface area (Å²) < 4.78 is 5.43. The van der Waals surface area contributed by atoms with Gasteiger partial charge >= 0.3 is 0 Å². The summed E-state index contributed by atoms with van der Waals surface area (Å²) in [6.45, 7) is 6.54. The maximum atomic E-state index is 10.9. The number of anilines is 1. The van der Waals surface area contributed by atoms with Crippen LogP contribution in [0.15, 0.2) is 41.7 Å². The van der Waals surface area contributed by atoms with Gasteiger partial charge in [-0.1, -0.05) is 26.8 Å². The highest BCUT2D eigenvalue weighted by Gasteiger charge is 2.25. The van der Waals surface area contributed by atoms with E-state index in [2.05, 4.69) is 9.98 Å². The van der Waals surface area contributed by atoms with Crippen LogP contribution >= 0.6 is 24.8 Å². The van der Waals surface area contributed by atoms with E-state index in [9.17, 15) is 5.11 Å². The maximum Gasteiger partial charge on any atom is 0.195 e. The van der Waals surface area contributed by atoms with Crippen LogP contribution in [0, 0.1) is 0 Å². The van der Waals surface area contributed by atoms with Crippen molar-refractivity contribution >= 4 is 36.5 Å². The van der Waals surface area contributed by atoms with Crippen molar-refractivity contribution in [2.24, 2.45) is 10.7 Å². The van der Waals surface area contributed by atoms with Gasteiger partial charge in [-0.3, -0.25) is 9.98 Å². The van der Waals surface area contributed by atoms with Gasteiger partial charge in [-0.15, -0.1) is 24.8 Å². The third kappa shape index (κ3) is 5.91. The Bertz CT molecular complexity index is 762. The standard InChI is InChI=1S/C19H26N4O2.2ClH/c1-19(2,3)15-9-14(25-5)10-16(17(15)24)23(18(20)21-4)12-13-7-6-8-22-11-13;;/h6-11,24H,12H2,1-5H3,(H2,20,21);2*1H. The van der Waals surface area contributed by atoms with E-state index in [1.165, 1.54) is 0 Å². The minimum Gasteiger partial charge on any atom is -0.505 e. The number of aromatic nitrogens is 1. The van der Waals surface area contributed by atoms with Crippen LogP contribution in [0.4, 0.5) is 5.69 Å². The van der Waals surface area contributed by atoms with Crippen molar-refractivity contribution in [3.63, 3.8) is 0 Å². The van der Waals surface area contributed by atoms with Crippen molar-refractivity contribution in [2.75, 3.05) is 19.1 Å². The molecule has 0 unspecified atom stereocenters. The largest absolute Gasteiger partial charge is 0.505 e. The molecule has 0 amide bonds. The zero-order valence-corrected chi connectivity index (χ0v) is 17.9. The maximum absolute atomic E-state index is 10.9. The number of guanidine groups is 1. The Morgan fingerprint density at radius 3 is 2.44 bits per heavy atom. The number of phenols is 1. The van der Waals surface area contributed by atoms with Crippen molar-refractivity contribution in [1.29, 1.82) is 0 Å². The summed E-state index contributed by atoms with van der Waals surface area (Å²) in [5.74, 6) is 1.12. The number of ether oxygens (including phenoxy) is 1. The molecule has 1 heterocycles. The number of rotatable bonds is 4. The molecule has 27 heavy (non-hydrogen) atoms. The summed E-state index contributed by atoms with van der Waals surface area (Å²) in [6, 6.07) is 7.42. The van der Waals surface area contributed by atoms with E-state index in [1.807, 2.05) is 39.0 Å². The van der Waals surface area contributed by atoms with Gasteiger partial charge in [-0.05, 0) is 23.1 Å². The highest BCUT2D eigenvalue weighted by molar-refractivity contribution is 5.96. The molecule has 2 rings (SSSR count). The number of aliphatic imine (C=N–C) groups is 1. The summed E-state index contributed by atoms with van der Waals surface area (Å²) in [5, 5.41) is 10.9. The second-order valence-electron chi connectivity index (χ2n) is 6.82. The molecule has 3 N–H and O–H groups in total. The normalized spacial score (nSPS) is 11.2. The molecule has 0 saturated carbocycles. The molecule has 1 aromatic carbocycles. The monoisotopic (exact) mass is 414 g/mol. The van der Waals surface area contributed by atoms with E-state index in [4.69, 9.17) is 10.5 Å². The van der Waals surface area contributed by atoms with E-state index in [-0.39, 0.29) is 36.0 Å². The fraction of sp³-hybridized carbons (Fsp3) is 0.368. The SMILES string of the molecule is CN=C(N)N(Cc1cccnc1)c1cc(OC)cc(C(C)(C)C)c1O.Cl.Cl. The molecule has 2 aromatic rings. The van der Waals surface area contributed by atoms with Crippen molar-refractivity contribution in [1.82, 2.24) is 4.98 Å². The van der Waals surface area contributed by atoms with Crippen LogP contribution in [-0.4, -0.2) is 30.2 Å². The Balaban J connectivity index is 0.00000338. The summed E-state index contributed by atoms with van der Waals surface area (Å²) >= 11 is 0. The lowest BCUT2D eigenvalue weighted by molar-refractivity contribution is 0.406. The molecule has 0 aliphatic heterocycles. The molecule has 0 spiro atoms. The quantitative estimate of drug-likeness (QED) is 0.585. The molecular weight excluding hydrogens is 387 g/mol. The van der Waals surface area contributed by atoms with Crippen LogP contribution < -0.4 is 15.4 Å². The highest BCUT2D eigenvalue weighted by Crippen LogP contribution is 2.41. The first-order valence-electron chi connectivity index (χ1n) is 8.08. The van der Waals surface area contributed by atoms with E-state index in [0.29, 0.717) is 23.9 Å². The fourth-order valence-corrected chi connectivity index (χ4v) is 2.57. The summed E-state index contributed by atoms with van der Waals surface area (Å²) in [6.07, 6.45) is 3.48. The smallest absolute Gasteiger partial charge is 0.195 e. The lowest BCUT2D eigenvalue weighted by Crippen LogP contribution is -2.37. The number of hydrogen-bond acceptors (Lipinski definition) is 4. The Kier molecular flexibility index (Phi) is 9.40. The number of hydrogen-bond donors (Lipinski definition) is 2. The van der Waals surface area contributed by atoms with Gasteiger partial charge in [0.1, 0.15) is 11.5 Å². The predicted molar refractivity (Wildman–Crippen MR) is 116 cm³/mol. The number of aromatic hydroxyl groups is 1. The number of methoxy groups -OCH3 is 1. The van der Waals surface area contributed by atoms with Crippen LogP contribution in [-0.2, 0) is 12.0 Å².